The number of nitrogens with zero attached hydrogens (tertiary/aromatic N) is 2. The maximum atomic E-state index is 4.62. The molecule has 0 saturated carbocycles. The summed E-state index contributed by atoms with van der Waals surface area (Å²) in [6.45, 7) is 0. The summed E-state index contributed by atoms with van der Waals surface area (Å²) in [6.07, 6.45) is 2.45. The van der Waals surface area contributed by atoms with Crippen molar-refractivity contribution in [2.45, 2.75) is 0 Å². The molecule has 1 N–H and O–H groups in total. The molecule has 0 saturated heterocycles. The van der Waals surface area contributed by atoms with Gasteiger partial charge in [0.15, 0.2) is 6.20 Å². The Morgan fingerprint density at radius 1 is 1.86 bits per heavy atom. The quantitative estimate of drug-likeness (QED) is 0.520. The Bertz CT molecular complexity index is 125. The van der Waals surface area contributed by atoms with Gasteiger partial charge in [-0.2, -0.15) is 0 Å². The SMILES string of the molecule is COc1[c]nn[nH]1. The minimum Gasteiger partial charge on any atom is -0.480 e. The van der Waals surface area contributed by atoms with Gasteiger partial charge in [0.05, 0.1) is 7.11 Å². The largest absolute Gasteiger partial charge is 0.480 e. The lowest BCUT2D eigenvalue weighted by atomic mass is 10.9. The van der Waals surface area contributed by atoms with Crippen LogP contribution in [0.5, 0.6) is 5.88 Å². The molecule has 4 nitrogen and oxygen atoms in total. The first kappa shape index (κ1) is 4.11. The Hall–Kier alpha value is -1.06. The molecule has 0 aliphatic heterocycles. The lowest BCUT2D eigenvalue weighted by Gasteiger charge is -1.84. The standard InChI is InChI=1S/C3H4N3O/c1-7-3-2-4-6-5-3/h1H3,(H,4,5,6). The van der Waals surface area contributed by atoms with E-state index in [4.69, 9.17) is 0 Å². The lowest BCUT2D eigenvalue weighted by Crippen LogP contribution is -1.80. The summed E-state index contributed by atoms with van der Waals surface area (Å²) in [7, 11) is 1.52. The van der Waals surface area contributed by atoms with Crippen LogP contribution in [0.15, 0.2) is 0 Å². The van der Waals surface area contributed by atoms with Crippen LogP contribution in [0.1, 0.15) is 0 Å². The molecule has 0 aliphatic carbocycles. The predicted octanol–water partition coefficient (Wildman–Crippen LogP) is -0.387. The van der Waals surface area contributed by atoms with Crippen molar-refractivity contribution in [3.63, 3.8) is 0 Å². The van der Waals surface area contributed by atoms with E-state index in [1.54, 1.807) is 0 Å². The molecule has 1 radical (unpaired) electrons. The second kappa shape index (κ2) is 1.59. The molecule has 37 valence electrons. The van der Waals surface area contributed by atoms with E-state index in [9.17, 15) is 0 Å². The van der Waals surface area contributed by atoms with Crippen LogP contribution < -0.4 is 4.74 Å². The van der Waals surface area contributed by atoms with Gasteiger partial charge >= 0.3 is 0 Å². The molecule has 0 aromatic carbocycles. The third-order valence-electron chi connectivity index (χ3n) is 0.557. The number of aromatic nitrogens is 3. The highest BCUT2D eigenvalue weighted by molar-refractivity contribution is 4.93. The Morgan fingerprint density at radius 2 is 2.71 bits per heavy atom. The summed E-state index contributed by atoms with van der Waals surface area (Å²) in [5.74, 6) is 0.458. The van der Waals surface area contributed by atoms with Crippen LogP contribution in [0.3, 0.4) is 0 Å². The van der Waals surface area contributed by atoms with Crippen LogP contribution >= 0.6 is 0 Å². The number of ether oxygens (including phenoxy) is 1. The van der Waals surface area contributed by atoms with Crippen LogP contribution in [0.4, 0.5) is 0 Å². The molecular formula is C3H4N3O. The highest BCUT2D eigenvalue weighted by Crippen LogP contribution is 1.93. The second-order valence-electron chi connectivity index (χ2n) is 0.957. The number of hydrogen-bond acceptors (Lipinski definition) is 3. The van der Waals surface area contributed by atoms with Crippen LogP contribution in [0.2, 0.25) is 0 Å². The van der Waals surface area contributed by atoms with Crippen molar-refractivity contribution in [1.82, 2.24) is 15.4 Å². The smallest absolute Gasteiger partial charge is 0.239 e. The molecule has 0 aliphatic rings. The van der Waals surface area contributed by atoms with Gasteiger partial charge in [-0.1, -0.05) is 5.21 Å². The fraction of sp³-hybridized carbons (Fsp3) is 0.333. The monoisotopic (exact) mass is 98.0 g/mol. The molecule has 0 atom stereocenters. The molecule has 0 unspecified atom stereocenters. The van der Waals surface area contributed by atoms with Crippen LogP contribution in [0.25, 0.3) is 0 Å². The third kappa shape index (κ3) is 0.677. The molecule has 0 fully saturated rings. The fourth-order valence-electron chi connectivity index (χ4n) is 0.257. The number of methoxy groups -OCH3 is 1. The fourth-order valence-corrected chi connectivity index (χ4v) is 0.257. The molecule has 4 heteroatoms. The van der Waals surface area contributed by atoms with Gasteiger partial charge in [0.2, 0.25) is 5.88 Å². The Balaban J connectivity index is 2.76. The van der Waals surface area contributed by atoms with E-state index in [0.29, 0.717) is 5.88 Å². The van der Waals surface area contributed by atoms with Gasteiger partial charge in [0, 0.05) is 0 Å². The van der Waals surface area contributed by atoms with Gasteiger partial charge in [-0.25, -0.2) is 5.10 Å². The van der Waals surface area contributed by atoms with Crippen molar-refractivity contribution < 1.29 is 4.74 Å². The number of rotatable bonds is 1. The third-order valence-corrected chi connectivity index (χ3v) is 0.557. The number of hydrogen-bond donors (Lipinski definition) is 1. The maximum absolute atomic E-state index is 4.62. The van der Waals surface area contributed by atoms with Crippen molar-refractivity contribution in [3.05, 3.63) is 6.20 Å². The molecule has 1 heterocycles. The van der Waals surface area contributed by atoms with Gasteiger partial charge in [0.1, 0.15) is 0 Å². The molecule has 1 aromatic heterocycles. The molecule has 1 aromatic rings. The number of H-pyrrole nitrogens is 1. The molecular weight excluding hydrogens is 94.1 g/mol. The Kier molecular flexibility index (Phi) is 0.934. The zero-order chi connectivity index (χ0) is 5.11. The van der Waals surface area contributed by atoms with Crippen molar-refractivity contribution in [2.75, 3.05) is 7.11 Å². The average Bonchev–Trinajstić information content (AvgIpc) is 2.14. The highest BCUT2D eigenvalue weighted by Gasteiger charge is 1.86. The van der Waals surface area contributed by atoms with E-state index in [1.165, 1.54) is 7.11 Å². The van der Waals surface area contributed by atoms with Gasteiger partial charge < -0.3 is 4.74 Å². The van der Waals surface area contributed by atoms with Crippen LogP contribution in [-0.4, -0.2) is 22.5 Å². The summed E-state index contributed by atoms with van der Waals surface area (Å²) < 4.78 is 4.62. The van der Waals surface area contributed by atoms with Gasteiger partial charge in [-0.05, 0) is 0 Å². The summed E-state index contributed by atoms with van der Waals surface area (Å²) in [6, 6.07) is 0. The minimum absolute atomic E-state index is 0.458. The van der Waals surface area contributed by atoms with Gasteiger partial charge in [-0.15, -0.1) is 5.10 Å². The van der Waals surface area contributed by atoms with E-state index < -0.39 is 0 Å². The molecule has 7 heavy (non-hydrogen) atoms. The molecule has 0 amide bonds. The van der Waals surface area contributed by atoms with Crippen molar-refractivity contribution in [3.8, 4) is 5.88 Å². The molecule has 0 spiro atoms. The van der Waals surface area contributed by atoms with E-state index in [-0.39, 0.29) is 0 Å². The zero-order valence-corrected chi connectivity index (χ0v) is 3.80. The number of aromatic amines is 1. The van der Waals surface area contributed by atoms with Crippen molar-refractivity contribution in [2.24, 2.45) is 0 Å². The van der Waals surface area contributed by atoms with E-state index >= 15 is 0 Å². The first-order chi connectivity index (χ1) is 3.43. The van der Waals surface area contributed by atoms with Crippen LogP contribution in [0, 0.1) is 6.20 Å². The van der Waals surface area contributed by atoms with Gasteiger partial charge in [0.25, 0.3) is 0 Å². The van der Waals surface area contributed by atoms with Crippen LogP contribution in [-0.2, 0) is 0 Å². The normalized spacial score (nSPS) is 8.71. The van der Waals surface area contributed by atoms with Gasteiger partial charge in [-0.3, -0.25) is 0 Å². The van der Waals surface area contributed by atoms with Crippen molar-refractivity contribution in [1.29, 1.82) is 0 Å². The van der Waals surface area contributed by atoms with E-state index in [0.717, 1.165) is 0 Å². The first-order valence-electron chi connectivity index (χ1n) is 1.76. The topological polar surface area (TPSA) is 50.8 Å². The predicted molar refractivity (Wildman–Crippen MR) is 21.8 cm³/mol. The Morgan fingerprint density at radius 3 is 3.00 bits per heavy atom. The minimum atomic E-state index is 0.458. The first-order valence-corrected chi connectivity index (χ1v) is 1.76. The summed E-state index contributed by atoms with van der Waals surface area (Å²) in [4.78, 5) is 0. The number of nitrogens with one attached hydrogen (secondary N) is 1. The van der Waals surface area contributed by atoms with E-state index in [1.807, 2.05) is 0 Å². The highest BCUT2D eigenvalue weighted by atomic mass is 16.5. The Labute approximate surface area is 40.5 Å². The van der Waals surface area contributed by atoms with E-state index in [2.05, 4.69) is 26.3 Å². The lowest BCUT2D eigenvalue weighted by molar-refractivity contribution is 0.396. The summed E-state index contributed by atoms with van der Waals surface area (Å²) >= 11 is 0. The molecule has 0 bridgehead atoms. The zero-order valence-electron chi connectivity index (χ0n) is 3.80. The maximum Gasteiger partial charge on any atom is 0.239 e. The van der Waals surface area contributed by atoms with Crippen molar-refractivity contribution >= 4 is 0 Å². The second-order valence-corrected chi connectivity index (χ2v) is 0.957. The summed E-state index contributed by atoms with van der Waals surface area (Å²) in [5.41, 5.74) is 0. The average molecular weight is 98.1 g/mol. The summed E-state index contributed by atoms with van der Waals surface area (Å²) in [5, 5.41) is 9.12. The molecule has 1 rings (SSSR count).